The summed E-state index contributed by atoms with van der Waals surface area (Å²) >= 11 is 0. The van der Waals surface area contributed by atoms with E-state index in [9.17, 15) is 4.79 Å². The lowest BCUT2D eigenvalue weighted by Crippen LogP contribution is -2.32. The molecule has 0 N–H and O–H groups in total. The lowest BCUT2D eigenvalue weighted by atomic mass is 9.70. The Balaban J connectivity index is 2.11. The number of carbonyl (C=O) groups excluding carboxylic acids is 1. The predicted octanol–water partition coefficient (Wildman–Crippen LogP) is 4.46. The second kappa shape index (κ2) is 4.55. The van der Waals surface area contributed by atoms with Gasteiger partial charge in [-0.3, -0.25) is 9.78 Å². The average Bonchev–Trinajstić information content (AvgIpc) is 2.45. The highest BCUT2D eigenvalue weighted by Gasteiger charge is 2.38. The first kappa shape index (κ1) is 13.0. The predicted molar refractivity (Wildman–Crippen MR) is 80.8 cm³/mol. The van der Waals surface area contributed by atoms with Crippen LogP contribution in [-0.2, 0) is 0 Å². The Morgan fingerprint density at radius 1 is 1.10 bits per heavy atom. The molecule has 0 spiro atoms. The Bertz CT molecular complexity index is 658. The summed E-state index contributed by atoms with van der Waals surface area (Å²) in [5.41, 5.74) is 3.52. The van der Waals surface area contributed by atoms with Gasteiger partial charge in [0.15, 0.2) is 5.78 Å². The van der Waals surface area contributed by atoms with Crippen LogP contribution in [-0.4, -0.2) is 10.8 Å². The highest BCUT2D eigenvalue weighted by molar-refractivity contribution is 6.02. The van der Waals surface area contributed by atoms with Crippen LogP contribution < -0.4 is 0 Å². The molecule has 1 unspecified atom stereocenters. The van der Waals surface area contributed by atoms with Crippen molar-refractivity contribution in [2.45, 2.75) is 33.1 Å². The SMILES string of the molecule is CC1CC(C)(C)C(=O)c2ccc(-c3ccccc3)nc21. The van der Waals surface area contributed by atoms with Gasteiger partial charge in [-0.15, -0.1) is 0 Å². The van der Waals surface area contributed by atoms with Gasteiger partial charge in [-0.05, 0) is 18.6 Å². The molecule has 0 saturated heterocycles. The molecule has 0 amide bonds. The summed E-state index contributed by atoms with van der Waals surface area (Å²) in [6, 6.07) is 14.0. The Labute approximate surface area is 119 Å². The van der Waals surface area contributed by atoms with E-state index in [0.29, 0.717) is 5.92 Å². The Morgan fingerprint density at radius 2 is 1.80 bits per heavy atom. The zero-order valence-corrected chi connectivity index (χ0v) is 12.2. The van der Waals surface area contributed by atoms with Gasteiger partial charge in [0.05, 0.1) is 11.4 Å². The third kappa shape index (κ3) is 2.05. The highest BCUT2D eigenvalue weighted by Crippen LogP contribution is 2.41. The molecule has 20 heavy (non-hydrogen) atoms. The first-order valence-corrected chi connectivity index (χ1v) is 7.10. The van der Waals surface area contributed by atoms with Gasteiger partial charge in [0, 0.05) is 22.5 Å². The molecule has 1 aromatic carbocycles. The minimum absolute atomic E-state index is 0.220. The van der Waals surface area contributed by atoms with Crippen LogP contribution in [0.2, 0.25) is 0 Å². The Hall–Kier alpha value is -1.96. The number of ketones is 1. The number of hydrogen-bond donors (Lipinski definition) is 0. The summed E-state index contributed by atoms with van der Waals surface area (Å²) in [5.74, 6) is 0.541. The number of fused-ring (bicyclic) bond motifs is 1. The van der Waals surface area contributed by atoms with Crippen LogP contribution in [0.1, 0.15) is 49.2 Å². The summed E-state index contributed by atoms with van der Waals surface area (Å²) in [6.45, 7) is 6.22. The fourth-order valence-corrected chi connectivity index (χ4v) is 3.13. The molecule has 1 atom stereocenters. The van der Waals surface area contributed by atoms with E-state index in [1.54, 1.807) is 0 Å². The lowest BCUT2D eigenvalue weighted by Gasteiger charge is -2.33. The topological polar surface area (TPSA) is 30.0 Å². The van der Waals surface area contributed by atoms with Gasteiger partial charge in [0.1, 0.15) is 0 Å². The summed E-state index contributed by atoms with van der Waals surface area (Å²) in [7, 11) is 0. The molecule has 102 valence electrons. The quantitative estimate of drug-likeness (QED) is 0.761. The van der Waals surface area contributed by atoms with Crippen LogP contribution in [0, 0.1) is 5.41 Å². The number of benzene rings is 1. The summed E-state index contributed by atoms with van der Waals surface area (Å²) in [4.78, 5) is 17.3. The molecule has 0 saturated carbocycles. The van der Waals surface area contributed by atoms with Crippen molar-refractivity contribution >= 4 is 5.78 Å². The van der Waals surface area contributed by atoms with Gasteiger partial charge in [-0.1, -0.05) is 51.1 Å². The van der Waals surface area contributed by atoms with E-state index in [4.69, 9.17) is 4.98 Å². The molecule has 3 rings (SSSR count). The first-order chi connectivity index (χ1) is 9.49. The molecule has 1 aliphatic carbocycles. The second-order valence-corrected chi connectivity index (χ2v) is 6.31. The van der Waals surface area contributed by atoms with Crippen LogP contribution in [0.25, 0.3) is 11.3 Å². The number of hydrogen-bond acceptors (Lipinski definition) is 2. The molecule has 1 heterocycles. The van der Waals surface area contributed by atoms with Gasteiger partial charge < -0.3 is 0 Å². The maximum Gasteiger partial charge on any atom is 0.170 e. The zero-order chi connectivity index (χ0) is 14.3. The summed E-state index contributed by atoms with van der Waals surface area (Å²) < 4.78 is 0. The van der Waals surface area contributed by atoms with E-state index >= 15 is 0 Å². The number of pyridine rings is 1. The molecular formula is C18H19NO. The van der Waals surface area contributed by atoms with Crippen LogP contribution in [0.4, 0.5) is 0 Å². The molecule has 0 radical (unpaired) electrons. The molecular weight excluding hydrogens is 246 g/mol. The van der Waals surface area contributed by atoms with Crippen LogP contribution in [0.15, 0.2) is 42.5 Å². The zero-order valence-electron chi connectivity index (χ0n) is 12.2. The monoisotopic (exact) mass is 265 g/mol. The van der Waals surface area contributed by atoms with Gasteiger partial charge in [-0.2, -0.15) is 0 Å². The number of Topliss-reactive ketones (excluding diaryl/α,β-unsaturated/α-hetero) is 1. The van der Waals surface area contributed by atoms with Gasteiger partial charge >= 0.3 is 0 Å². The van der Waals surface area contributed by atoms with Crippen LogP contribution >= 0.6 is 0 Å². The van der Waals surface area contributed by atoms with Crippen molar-refractivity contribution in [3.8, 4) is 11.3 Å². The molecule has 0 bridgehead atoms. The van der Waals surface area contributed by atoms with Crippen molar-refractivity contribution < 1.29 is 4.79 Å². The van der Waals surface area contributed by atoms with Crippen molar-refractivity contribution in [2.75, 3.05) is 0 Å². The normalized spacial score (nSPS) is 20.6. The molecule has 0 aliphatic heterocycles. The van der Waals surface area contributed by atoms with Gasteiger partial charge in [0.25, 0.3) is 0 Å². The number of rotatable bonds is 1. The van der Waals surface area contributed by atoms with E-state index in [1.165, 1.54) is 0 Å². The largest absolute Gasteiger partial charge is 0.294 e. The summed E-state index contributed by atoms with van der Waals surface area (Å²) in [5, 5.41) is 0. The molecule has 2 heteroatoms. The smallest absolute Gasteiger partial charge is 0.170 e. The fourth-order valence-electron chi connectivity index (χ4n) is 3.13. The minimum Gasteiger partial charge on any atom is -0.294 e. The standard InChI is InChI=1S/C18H19NO/c1-12-11-18(2,3)17(20)14-9-10-15(19-16(12)14)13-7-5-4-6-8-13/h4-10,12H,11H2,1-3H3. The Kier molecular flexibility index (Phi) is 2.97. The second-order valence-electron chi connectivity index (χ2n) is 6.31. The molecule has 0 fully saturated rings. The third-order valence-corrected chi connectivity index (χ3v) is 4.14. The third-order valence-electron chi connectivity index (χ3n) is 4.14. The van der Waals surface area contributed by atoms with E-state index < -0.39 is 0 Å². The van der Waals surface area contributed by atoms with Crippen molar-refractivity contribution in [3.63, 3.8) is 0 Å². The van der Waals surface area contributed by atoms with Crippen LogP contribution in [0.5, 0.6) is 0 Å². The first-order valence-electron chi connectivity index (χ1n) is 7.10. The van der Waals surface area contributed by atoms with E-state index in [1.807, 2.05) is 56.3 Å². The molecule has 1 aliphatic rings. The molecule has 2 nitrogen and oxygen atoms in total. The molecule has 1 aromatic heterocycles. The maximum atomic E-state index is 12.5. The van der Waals surface area contributed by atoms with Gasteiger partial charge in [0.2, 0.25) is 0 Å². The average molecular weight is 265 g/mol. The fraction of sp³-hybridized carbons (Fsp3) is 0.333. The minimum atomic E-state index is -0.275. The highest BCUT2D eigenvalue weighted by atomic mass is 16.1. The number of aromatic nitrogens is 1. The van der Waals surface area contributed by atoms with Gasteiger partial charge in [-0.25, -0.2) is 0 Å². The number of nitrogens with zero attached hydrogens (tertiary/aromatic N) is 1. The van der Waals surface area contributed by atoms with E-state index in [2.05, 4.69) is 6.92 Å². The van der Waals surface area contributed by atoms with Crippen molar-refractivity contribution in [1.82, 2.24) is 4.98 Å². The van der Waals surface area contributed by atoms with E-state index in [-0.39, 0.29) is 11.2 Å². The lowest BCUT2D eigenvalue weighted by molar-refractivity contribution is 0.0795. The van der Waals surface area contributed by atoms with E-state index in [0.717, 1.165) is 28.9 Å². The summed E-state index contributed by atoms with van der Waals surface area (Å²) in [6.07, 6.45) is 0.865. The van der Waals surface area contributed by atoms with Crippen molar-refractivity contribution in [2.24, 2.45) is 5.41 Å². The number of carbonyl (C=O) groups is 1. The van der Waals surface area contributed by atoms with Crippen molar-refractivity contribution in [1.29, 1.82) is 0 Å². The van der Waals surface area contributed by atoms with Crippen molar-refractivity contribution in [3.05, 3.63) is 53.7 Å². The maximum absolute atomic E-state index is 12.5. The van der Waals surface area contributed by atoms with Crippen LogP contribution in [0.3, 0.4) is 0 Å². The Morgan fingerprint density at radius 3 is 2.50 bits per heavy atom. The molecule has 2 aromatic rings.